The van der Waals surface area contributed by atoms with Gasteiger partial charge < -0.3 is 15.0 Å². The molecular formula is C18H19BrN2O2. The monoisotopic (exact) mass is 374 g/mol. The first-order valence-electron chi connectivity index (χ1n) is 7.68. The predicted molar refractivity (Wildman–Crippen MR) is 94.5 cm³/mol. The van der Waals surface area contributed by atoms with Gasteiger partial charge in [-0.25, -0.2) is 4.79 Å². The summed E-state index contributed by atoms with van der Waals surface area (Å²) in [5, 5.41) is 2.95. The Bertz CT molecular complexity index is 646. The Labute approximate surface area is 144 Å². The third kappa shape index (κ3) is 4.48. The molecule has 1 amide bonds. The molecule has 1 aliphatic rings. The molecule has 23 heavy (non-hydrogen) atoms. The highest BCUT2D eigenvalue weighted by molar-refractivity contribution is 9.10. The third-order valence-corrected chi connectivity index (χ3v) is 4.44. The van der Waals surface area contributed by atoms with Gasteiger partial charge in [-0.15, -0.1) is 0 Å². The standard InChI is InChI=1S/C18H19BrN2O2/c19-15-6-8-17(9-7-15)21-11-10-16(12-21)20-18(22)23-13-14-4-2-1-3-5-14/h1-9,16H,10-13H2,(H,20,22). The fourth-order valence-electron chi connectivity index (χ4n) is 2.70. The second-order valence-corrected chi connectivity index (χ2v) is 6.53. The van der Waals surface area contributed by atoms with E-state index in [9.17, 15) is 4.79 Å². The lowest BCUT2D eigenvalue weighted by Gasteiger charge is -2.19. The van der Waals surface area contributed by atoms with Gasteiger partial charge in [0.15, 0.2) is 0 Å². The highest BCUT2D eigenvalue weighted by atomic mass is 79.9. The Morgan fingerprint density at radius 1 is 1.17 bits per heavy atom. The minimum absolute atomic E-state index is 0.127. The van der Waals surface area contributed by atoms with Crippen LogP contribution in [0, 0.1) is 0 Å². The first kappa shape index (κ1) is 15.9. The van der Waals surface area contributed by atoms with Crippen molar-refractivity contribution in [2.45, 2.75) is 19.1 Å². The van der Waals surface area contributed by atoms with Crippen LogP contribution in [-0.2, 0) is 11.3 Å². The maximum atomic E-state index is 11.9. The Morgan fingerprint density at radius 2 is 1.91 bits per heavy atom. The maximum absolute atomic E-state index is 11.9. The third-order valence-electron chi connectivity index (χ3n) is 3.91. The average molecular weight is 375 g/mol. The number of carbonyl (C=O) groups excluding carboxylic acids is 1. The van der Waals surface area contributed by atoms with E-state index in [-0.39, 0.29) is 12.1 Å². The maximum Gasteiger partial charge on any atom is 0.407 e. The minimum atomic E-state index is -0.350. The first-order valence-corrected chi connectivity index (χ1v) is 8.48. The van der Waals surface area contributed by atoms with E-state index in [1.54, 1.807) is 0 Å². The summed E-state index contributed by atoms with van der Waals surface area (Å²) in [4.78, 5) is 14.2. The number of alkyl carbamates (subject to hydrolysis) is 1. The van der Waals surface area contributed by atoms with Gasteiger partial charge in [-0.1, -0.05) is 46.3 Å². The molecule has 0 aliphatic carbocycles. The summed E-state index contributed by atoms with van der Waals surface area (Å²) in [5.74, 6) is 0. The number of ether oxygens (including phenoxy) is 1. The van der Waals surface area contributed by atoms with Crippen molar-refractivity contribution in [2.24, 2.45) is 0 Å². The summed E-state index contributed by atoms with van der Waals surface area (Å²) in [6.45, 7) is 2.04. The molecule has 0 spiro atoms. The van der Waals surface area contributed by atoms with Crippen LogP contribution in [-0.4, -0.2) is 25.2 Å². The van der Waals surface area contributed by atoms with Crippen molar-refractivity contribution in [1.82, 2.24) is 5.32 Å². The van der Waals surface area contributed by atoms with E-state index in [0.717, 1.165) is 29.5 Å². The molecule has 4 nitrogen and oxygen atoms in total. The van der Waals surface area contributed by atoms with Crippen LogP contribution in [0.2, 0.25) is 0 Å². The highest BCUT2D eigenvalue weighted by Crippen LogP contribution is 2.22. The lowest BCUT2D eigenvalue weighted by atomic mass is 10.2. The fraction of sp³-hybridized carbons (Fsp3) is 0.278. The lowest BCUT2D eigenvalue weighted by molar-refractivity contribution is 0.136. The molecule has 1 aliphatic heterocycles. The molecule has 0 radical (unpaired) electrons. The summed E-state index contributed by atoms with van der Waals surface area (Å²) in [6.07, 6.45) is 0.577. The van der Waals surface area contributed by atoms with E-state index in [2.05, 4.69) is 38.3 Å². The molecule has 2 aromatic rings. The quantitative estimate of drug-likeness (QED) is 0.880. The zero-order valence-corrected chi connectivity index (χ0v) is 14.3. The predicted octanol–water partition coefficient (Wildman–Crippen LogP) is 3.95. The topological polar surface area (TPSA) is 41.6 Å². The summed E-state index contributed by atoms with van der Waals surface area (Å²) in [6, 6.07) is 18.1. The van der Waals surface area contributed by atoms with Crippen LogP contribution < -0.4 is 10.2 Å². The molecule has 0 bridgehead atoms. The van der Waals surface area contributed by atoms with Crippen LogP contribution in [0.15, 0.2) is 59.1 Å². The SMILES string of the molecule is O=C(NC1CCN(c2ccc(Br)cc2)C1)OCc1ccccc1. The number of nitrogens with zero attached hydrogens (tertiary/aromatic N) is 1. The zero-order valence-electron chi connectivity index (χ0n) is 12.7. The number of amides is 1. The molecule has 2 aromatic carbocycles. The molecule has 1 heterocycles. The normalized spacial score (nSPS) is 17.1. The molecule has 5 heteroatoms. The molecule has 1 fully saturated rings. The van der Waals surface area contributed by atoms with Crippen molar-refractivity contribution < 1.29 is 9.53 Å². The van der Waals surface area contributed by atoms with E-state index in [1.807, 2.05) is 42.5 Å². The summed E-state index contributed by atoms with van der Waals surface area (Å²) in [5.41, 5.74) is 2.17. The van der Waals surface area contributed by atoms with Gasteiger partial charge in [0.25, 0.3) is 0 Å². The van der Waals surface area contributed by atoms with Crippen molar-refractivity contribution in [2.75, 3.05) is 18.0 Å². The fourth-order valence-corrected chi connectivity index (χ4v) is 2.96. The van der Waals surface area contributed by atoms with Crippen molar-refractivity contribution in [3.05, 3.63) is 64.6 Å². The van der Waals surface area contributed by atoms with Gasteiger partial charge in [-0.05, 0) is 36.2 Å². The average Bonchev–Trinajstić information content (AvgIpc) is 3.03. The lowest BCUT2D eigenvalue weighted by Crippen LogP contribution is -2.37. The molecule has 3 rings (SSSR count). The Balaban J connectivity index is 1.46. The van der Waals surface area contributed by atoms with E-state index >= 15 is 0 Å². The van der Waals surface area contributed by atoms with Gasteiger partial charge in [-0.3, -0.25) is 0 Å². The number of benzene rings is 2. The number of hydrogen-bond acceptors (Lipinski definition) is 3. The van der Waals surface area contributed by atoms with Crippen LogP contribution in [0.4, 0.5) is 10.5 Å². The van der Waals surface area contributed by atoms with E-state index < -0.39 is 0 Å². The molecule has 120 valence electrons. The van der Waals surface area contributed by atoms with Crippen LogP contribution >= 0.6 is 15.9 Å². The van der Waals surface area contributed by atoms with E-state index in [0.29, 0.717) is 6.61 Å². The second-order valence-electron chi connectivity index (χ2n) is 5.61. The number of nitrogens with one attached hydrogen (secondary N) is 1. The van der Waals surface area contributed by atoms with Gasteiger partial charge in [0.1, 0.15) is 6.61 Å². The van der Waals surface area contributed by atoms with Crippen LogP contribution in [0.5, 0.6) is 0 Å². The summed E-state index contributed by atoms with van der Waals surface area (Å²) >= 11 is 3.44. The number of anilines is 1. The summed E-state index contributed by atoms with van der Waals surface area (Å²) in [7, 11) is 0. The van der Waals surface area contributed by atoms with Crippen molar-refractivity contribution in [3.63, 3.8) is 0 Å². The number of halogens is 1. The van der Waals surface area contributed by atoms with Crippen LogP contribution in [0.25, 0.3) is 0 Å². The van der Waals surface area contributed by atoms with Gasteiger partial charge in [0.2, 0.25) is 0 Å². The molecule has 1 saturated heterocycles. The summed E-state index contributed by atoms with van der Waals surface area (Å²) < 4.78 is 6.34. The van der Waals surface area contributed by atoms with Gasteiger partial charge in [-0.2, -0.15) is 0 Å². The Morgan fingerprint density at radius 3 is 2.65 bits per heavy atom. The molecule has 1 unspecified atom stereocenters. The van der Waals surface area contributed by atoms with Crippen molar-refractivity contribution in [3.8, 4) is 0 Å². The van der Waals surface area contributed by atoms with Crippen LogP contribution in [0.3, 0.4) is 0 Å². The molecule has 1 N–H and O–H groups in total. The van der Waals surface area contributed by atoms with E-state index in [1.165, 1.54) is 5.69 Å². The first-order chi connectivity index (χ1) is 11.2. The van der Waals surface area contributed by atoms with Crippen molar-refractivity contribution in [1.29, 1.82) is 0 Å². The van der Waals surface area contributed by atoms with Gasteiger partial charge >= 0.3 is 6.09 Å². The van der Waals surface area contributed by atoms with Crippen molar-refractivity contribution >= 4 is 27.7 Å². The van der Waals surface area contributed by atoms with Crippen LogP contribution in [0.1, 0.15) is 12.0 Å². The Kier molecular flexibility index (Phi) is 5.18. The molecule has 0 aromatic heterocycles. The second kappa shape index (κ2) is 7.51. The largest absolute Gasteiger partial charge is 0.445 e. The number of rotatable bonds is 4. The van der Waals surface area contributed by atoms with E-state index in [4.69, 9.17) is 4.74 Å². The highest BCUT2D eigenvalue weighted by Gasteiger charge is 2.24. The van der Waals surface area contributed by atoms with Gasteiger partial charge in [0, 0.05) is 23.2 Å². The van der Waals surface area contributed by atoms with Gasteiger partial charge in [0.05, 0.1) is 6.04 Å². The molecular weight excluding hydrogens is 356 g/mol. The Hall–Kier alpha value is -2.01. The zero-order chi connectivity index (χ0) is 16.1. The smallest absolute Gasteiger partial charge is 0.407 e. The minimum Gasteiger partial charge on any atom is -0.445 e. The molecule has 0 saturated carbocycles. The number of hydrogen-bond donors (Lipinski definition) is 1. The molecule has 1 atom stereocenters. The number of carbonyl (C=O) groups is 1.